The van der Waals surface area contributed by atoms with E-state index in [1.165, 1.54) is 19.4 Å². The Balaban J connectivity index is 3.65. The first kappa shape index (κ1) is 15.9. The summed E-state index contributed by atoms with van der Waals surface area (Å²) in [6.07, 6.45) is 2.49. The van der Waals surface area contributed by atoms with E-state index in [2.05, 4.69) is 50.0 Å². The van der Waals surface area contributed by atoms with E-state index in [9.17, 15) is 0 Å². The smallest absolute Gasteiger partial charge is 0.0194 e. The third-order valence-corrected chi connectivity index (χ3v) is 2.88. The molecule has 3 nitrogen and oxygen atoms in total. The number of nitrogens with one attached hydrogen (secondary N) is 1. The maximum absolute atomic E-state index is 3.46. The lowest BCUT2D eigenvalue weighted by atomic mass is 10.2. The van der Waals surface area contributed by atoms with E-state index >= 15 is 0 Å². The van der Waals surface area contributed by atoms with Crippen molar-refractivity contribution in [1.82, 2.24) is 15.1 Å². The van der Waals surface area contributed by atoms with Gasteiger partial charge in [-0.25, -0.2) is 0 Å². The van der Waals surface area contributed by atoms with Gasteiger partial charge in [-0.1, -0.05) is 13.8 Å². The van der Waals surface area contributed by atoms with Gasteiger partial charge in [0.2, 0.25) is 0 Å². The maximum Gasteiger partial charge on any atom is 0.0194 e. The molecule has 16 heavy (non-hydrogen) atoms. The first-order valence-corrected chi connectivity index (χ1v) is 6.71. The molecule has 0 aliphatic heterocycles. The second-order valence-corrected chi connectivity index (χ2v) is 4.84. The highest BCUT2D eigenvalue weighted by molar-refractivity contribution is 4.68. The fourth-order valence-corrected chi connectivity index (χ4v) is 2.04. The molecule has 1 unspecified atom stereocenters. The van der Waals surface area contributed by atoms with E-state index in [-0.39, 0.29) is 0 Å². The largest absolute Gasteiger partial charge is 0.317 e. The van der Waals surface area contributed by atoms with Crippen molar-refractivity contribution in [3.8, 4) is 0 Å². The SMILES string of the molecule is CCCNCCCN(CC)C(C)CN(C)C. The van der Waals surface area contributed by atoms with Gasteiger partial charge in [0.25, 0.3) is 0 Å². The van der Waals surface area contributed by atoms with Crippen LogP contribution in [0.3, 0.4) is 0 Å². The average molecular weight is 229 g/mol. The zero-order valence-electron chi connectivity index (χ0n) is 11.9. The van der Waals surface area contributed by atoms with Crippen LogP contribution in [-0.4, -0.2) is 62.7 Å². The second-order valence-electron chi connectivity index (χ2n) is 4.84. The number of nitrogens with zero attached hydrogens (tertiary/aromatic N) is 2. The van der Waals surface area contributed by atoms with E-state index in [1.807, 2.05) is 0 Å². The maximum atomic E-state index is 3.46. The second kappa shape index (κ2) is 10.1. The van der Waals surface area contributed by atoms with Crippen LogP contribution in [0.1, 0.15) is 33.6 Å². The lowest BCUT2D eigenvalue weighted by Crippen LogP contribution is -2.41. The van der Waals surface area contributed by atoms with Crippen LogP contribution in [-0.2, 0) is 0 Å². The molecular weight excluding hydrogens is 198 g/mol. The summed E-state index contributed by atoms with van der Waals surface area (Å²) in [5.41, 5.74) is 0. The molecule has 3 heteroatoms. The normalized spacial score (nSPS) is 13.7. The molecule has 0 spiro atoms. The molecule has 0 saturated heterocycles. The monoisotopic (exact) mass is 229 g/mol. The summed E-state index contributed by atoms with van der Waals surface area (Å²) in [5, 5.41) is 3.46. The van der Waals surface area contributed by atoms with E-state index in [4.69, 9.17) is 0 Å². The zero-order chi connectivity index (χ0) is 12.4. The Kier molecular flexibility index (Phi) is 9.99. The van der Waals surface area contributed by atoms with Crippen LogP contribution >= 0.6 is 0 Å². The van der Waals surface area contributed by atoms with Crippen molar-refractivity contribution in [2.75, 3.05) is 46.8 Å². The summed E-state index contributed by atoms with van der Waals surface area (Å²) in [4.78, 5) is 4.83. The van der Waals surface area contributed by atoms with Crippen molar-refractivity contribution in [1.29, 1.82) is 0 Å². The molecule has 0 radical (unpaired) electrons. The van der Waals surface area contributed by atoms with Gasteiger partial charge in [-0.15, -0.1) is 0 Å². The van der Waals surface area contributed by atoms with E-state index in [0.717, 1.165) is 26.2 Å². The summed E-state index contributed by atoms with van der Waals surface area (Å²) in [6, 6.07) is 0.658. The van der Waals surface area contributed by atoms with E-state index in [0.29, 0.717) is 6.04 Å². The molecule has 0 aromatic carbocycles. The van der Waals surface area contributed by atoms with Gasteiger partial charge < -0.3 is 10.2 Å². The highest BCUT2D eigenvalue weighted by Gasteiger charge is 2.11. The molecule has 0 heterocycles. The van der Waals surface area contributed by atoms with Crippen molar-refractivity contribution >= 4 is 0 Å². The average Bonchev–Trinajstić information content (AvgIpc) is 2.22. The molecular formula is C13H31N3. The Morgan fingerprint density at radius 1 is 1.12 bits per heavy atom. The standard InChI is InChI=1S/C13H31N3/c1-6-9-14-10-8-11-16(7-2)13(3)12-15(4)5/h13-14H,6-12H2,1-5H3. The van der Waals surface area contributed by atoms with Gasteiger partial charge in [-0.3, -0.25) is 4.90 Å². The molecule has 0 aliphatic rings. The molecule has 0 fully saturated rings. The fourth-order valence-electron chi connectivity index (χ4n) is 2.04. The Morgan fingerprint density at radius 3 is 2.31 bits per heavy atom. The van der Waals surface area contributed by atoms with Gasteiger partial charge in [0.15, 0.2) is 0 Å². The topological polar surface area (TPSA) is 18.5 Å². The molecule has 0 aliphatic carbocycles. The third kappa shape index (κ3) is 8.08. The molecule has 0 saturated carbocycles. The van der Waals surface area contributed by atoms with Gasteiger partial charge in [-0.05, 0) is 60.0 Å². The van der Waals surface area contributed by atoms with Gasteiger partial charge in [-0.2, -0.15) is 0 Å². The molecule has 0 aromatic rings. The van der Waals surface area contributed by atoms with Crippen LogP contribution < -0.4 is 5.32 Å². The summed E-state index contributed by atoms with van der Waals surface area (Å²) in [6.45, 7) is 12.6. The molecule has 0 aromatic heterocycles. The quantitative estimate of drug-likeness (QED) is 0.575. The highest BCUT2D eigenvalue weighted by Crippen LogP contribution is 2.01. The molecule has 0 rings (SSSR count). The van der Waals surface area contributed by atoms with Crippen LogP contribution in [0.25, 0.3) is 0 Å². The first-order valence-electron chi connectivity index (χ1n) is 6.71. The lowest BCUT2D eigenvalue weighted by Gasteiger charge is -2.29. The minimum atomic E-state index is 0.658. The predicted molar refractivity (Wildman–Crippen MR) is 73.0 cm³/mol. The molecule has 1 atom stereocenters. The zero-order valence-corrected chi connectivity index (χ0v) is 11.9. The van der Waals surface area contributed by atoms with Gasteiger partial charge >= 0.3 is 0 Å². The summed E-state index contributed by atoms with van der Waals surface area (Å²) in [5.74, 6) is 0. The Labute approximate surface area is 102 Å². The fraction of sp³-hybridized carbons (Fsp3) is 1.00. The van der Waals surface area contributed by atoms with Gasteiger partial charge in [0, 0.05) is 12.6 Å². The van der Waals surface area contributed by atoms with E-state index in [1.54, 1.807) is 0 Å². The number of likely N-dealkylation sites (N-methyl/N-ethyl adjacent to an activating group) is 2. The van der Waals surface area contributed by atoms with Crippen LogP contribution in [0.15, 0.2) is 0 Å². The molecule has 1 N–H and O–H groups in total. The number of hydrogen-bond acceptors (Lipinski definition) is 3. The number of rotatable bonds is 10. The van der Waals surface area contributed by atoms with Crippen LogP contribution in [0.2, 0.25) is 0 Å². The van der Waals surface area contributed by atoms with Crippen molar-refractivity contribution in [2.24, 2.45) is 0 Å². The number of hydrogen-bond donors (Lipinski definition) is 1. The van der Waals surface area contributed by atoms with Gasteiger partial charge in [0.1, 0.15) is 0 Å². The van der Waals surface area contributed by atoms with Crippen molar-refractivity contribution in [3.63, 3.8) is 0 Å². The van der Waals surface area contributed by atoms with Crippen LogP contribution in [0.4, 0.5) is 0 Å². The first-order chi connectivity index (χ1) is 7.61. The van der Waals surface area contributed by atoms with Crippen LogP contribution in [0, 0.1) is 0 Å². The molecule has 0 amide bonds. The third-order valence-electron chi connectivity index (χ3n) is 2.88. The Bertz CT molecular complexity index is 148. The molecule has 0 bridgehead atoms. The summed E-state index contributed by atoms with van der Waals surface area (Å²) in [7, 11) is 4.29. The van der Waals surface area contributed by atoms with E-state index < -0.39 is 0 Å². The Morgan fingerprint density at radius 2 is 1.81 bits per heavy atom. The van der Waals surface area contributed by atoms with Crippen molar-refractivity contribution in [2.45, 2.75) is 39.7 Å². The van der Waals surface area contributed by atoms with Crippen LogP contribution in [0.5, 0.6) is 0 Å². The highest BCUT2D eigenvalue weighted by atomic mass is 15.2. The van der Waals surface area contributed by atoms with Gasteiger partial charge in [0.05, 0.1) is 0 Å². The van der Waals surface area contributed by atoms with Crippen molar-refractivity contribution in [3.05, 3.63) is 0 Å². The minimum absolute atomic E-state index is 0.658. The summed E-state index contributed by atoms with van der Waals surface area (Å²) >= 11 is 0. The summed E-state index contributed by atoms with van der Waals surface area (Å²) < 4.78 is 0. The molecule has 98 valence electrons. The lowest BCUT2D eigenvalue weighted by molar-refractivity contribution is 0.179. The predicted octanol–water partition coefficient (Wildman–Crippen LogP) is 1.65. The van der Waals surface area contributed by atoms with Crippen molar-refractivity contribution < 1.29 is 0 Å². The minimum Gasteiger partial charge on any atom is -0.317 e. The Hall–Kier alpha value is -0.120.